The maximum atomic E-state index is 12.3. The molecule has 1 aromatic rings. The standard InChI is InChI=1S/C15H19N3O/c1-3-15(2)6-8-18(9-7-15)14(19)13-5-4-12(10-16)11-17-13/h4-5,11H,3,6-9H2,1-2H3. The van der Waals surface area contributed by atoms with Gasteiger partial charge in [-0.1, -0.05) is 20.3 Å². The van der Waals surface area contributed by atoms with Crippen molar-refractivity contribution in [1.82, 2.24) is 9.88 Å². The van der Waals surface area contributed by atoms with E-state index in [9.17, 15) is 4.79 Å². The lowest BCUT2D eigenvalue weighted by Gasteiger charge is -2.38. The number of hydrogen-bond donors (Lipinski definition) is 0. The Hall–Kier alpha value is -1.89. The van der Waals surface area contributed by atoms with Crippen molar-refractivity contribution < 1.29 is 4.79 Å². The quantitative estimate of drug-likeness (QED) is 0.818. The number of pyridine rings is 1. The number of piperidine rings is 1. The van der Waals surface area contributed by atoms with Gasteiger partial charge in [0.15, 0.2) is 0 Å². The summed E-state index contributed by atoms with van der Waals surface area (Å²) in [5.74, 6) is -0.0253. The molecular formula is C15H19N3O. The molecule has 1 saturated heterocycles. The molecule has 1 amide bonds. The Morgan fingerprint density at radius 2 is 2.16 bits per heavy atom. The van der Waals surface area contributed by atoms with E-state index in [1.807, 2.05) is 11.0 Å². The van der Waals surface area contributed by atoms with E-state index in [-0.39, 0.29) is 5.91 Å². The predicted octanol–water partition coefficient (Wildman–Crippen LogP) is 2.61. The normalized spacial score (nSPS) is 17.8. The molecule has 0 atom stereocenters. The van der Waals surface area contributed by atoms with Crippen LogP contribution in [0.2, 0.25) is 0 Å². The second kappa shape index (κ2) is 5.40. The lowest BCUT2D eigenvalue weighted by atomic mass is 9.78. The number of carbonyl (C=O) groups is 1. The van der Waals surface area contributed by atoms with Gasteiger partial charge in [0, 0.05) is 19.3 Å². The van der Waals surface area contributed by atoms with E-state index in [4.69, 9.17) is 5.26 Å². The highest BCUT2D eigenvalue weighted by atomic mass is 16.2. The number of likely N-dealkylation sites (tertiary alicyclic amines) is 1. The molecule has 1 aliphatic rings. The molecular weight excluding hydrogens is 238 g/mol. The summed E-state index contributed by atoms with van der Waals surface area (Å²) in [6, 6.07) is 5.28. The molecule has 1 aromatic heterocycles. The third kappa shape index (κ3) is 2.93. The van der Waals surface area contributed by atoms with Crippen LogP contribution in [-0.4, -0.2) is 28.9 Å². The Morgan fingerprint density at radius 1 is 1.47 bits per heavy atom. The molecule has 0 saturated carbocycles. The van der Waals surface area contributed by atoms with E-state index >= 15 is 0 Å². The minimum Gasteiger partial charge on any atom is -0.337 e. The van der Waals surface area contributed by atoms with Gasteiger partial charge >= 0.3 is 0 Å². The summed E-state index contributed by atoms with van der Waals surface area (Å²) in [6.45, 7) is 6.09. The zero-order chi connectivity index (χ0) is 13.9. The van der Waals surface area contributed by atoms with Crippen molar-refractivity contribution in [3.05, 3.63) is 29.6 Å². The molecule has 0 N–H and O–H groups in total. The number of nitriles is 1. The van der Waals surface area contributed by atoms with Gasteiger partial charge in [0.1, 0.15) is 11.8 Å². The van der Waals surface area contributed by atoms with Crippen molar-refractivity contribution in [2.45, 2.75) is 33.1 Å². The summed E-state index contributed by atoms with van der Waals surface area (Å²) in [6.07, 6.45) is 4.70. The lowest BCUT2D eigenvalue weighted by molar-refractivity contribution is 0.0594. The summed E-state index contributed by atoms with van der Waals surface area (Å²) in [5, 5.41) is 8.72. The third-order valence-corrected chi connectivity index (χ3v) is 4.22. The molecule has 0 spiro atoms. The SMILES string of the molecule is CCC1(C)CCN(C(=O)c2ccc(C#N)cn2)CC1. The van der Waals surface area contributed by atoms with E-state index in [2.05, 4.69) is 18.8 Å². The van der Waals surface area contributed by atoms with Crippen molar-refractivity contribution in [2.24, 2.45) is 5.41 Å². The highest BCUT2D eigenvalue weighted by molar-refractivity contribution is 5.92. The van der Waals surface area contributed by atoms with Crippen LogP contribution in [0.15, 0.2) is 18.3 Å². The van der Waals surface area contributed by atoms with Crippen LogP contribution in [-0.2, 0) is 0 Å². The maximum absolute atomic E-state index is 12.3. The van der Waals surface area contributed by atoms with Crippen LogP contribution in [0.1, 0.15) is 49.2 Å². The average molecular weight is 257 g/mol. The fraction of sp³-hybridized carbons (Fsp3) is 0.533. The molecule has 2 rings (SSSR count). The van der Waals surface area contributed by atoms with Crippen molar-refractivity contribution in [1.29, 1.82) is 5.26 Å². The zero-order valence-electron chi connectivity index (χ0n) is 11.5. The van der Waals surface area contributed by atoms with Gasteiger partial charge < -0.3 is 4.90 Å². The maximum Gasteiger partial charge on any atom is 0.272 e. The van der Waals surface area contributed by atoms with Crippen LogP contribution in [0.4, 0.5) is 0 Å². The summed E-state index contributed by atoms with van der Waals surface area (Å²) >= 11 is 0. The van der Waals surface area contributed by atoms with Crippen LogP contribution >= 0.6 is 0 Å². The zero-order valence-corrected chi connectivity index (χ0v) is 11.5. The molecule has 0 radical (unpaired) electrons. The van der Waals surface area contributed by atoms with Gasteiger partial charge in [-0.2, -0.15) is 5.26 Å². The molecule has 4 heteroatoms. The van der Waals surface area contributed by atoms with Gasteiger partial charge in [-0.05, 0) is 30.4 Å². The van der Waals surface area contributed by atoms with E-state index < -0.39 is 0 Å². The molecule has 1 fully saturated rings. The molecule has 19 heavy (non-hydrogen) atoms. The first-order valence-corrected chi connectivity index (χ1v) is 6.73. The number of amides is 1. The minimum atomic E-state index is -0.0253. The molecule has 0 aromatic carbocycles. The number of carbonyl (C=O) groups excluding carboxylic acids is 1. The van der Waals surface area contributed by atoms with Crippen molar-refractivity contribution in [3.8, 4) is 6.07 Å². The van der Waals surface area contributed by atoms with Crippen LogP contribution in [0.5, 0.6) is 0 Å². The molecule has 0 aliphatic carbocycles. The minimum absolute atomic E-state index is 0.0253. The smallest absolute Gasteiger partial charge is 0.272 e. The van der Waals surface area contributed by atoms with Gasteiger partial charge in [-0.25, -0.2) is 4.98 Å². The van der Waals surface area contributed by atoms with Gasteiger partial charge in [0.25, 0.3) is 5.91 Å². The summed E-state index contributed by atoms with van der Waals surface area (Å²) in [4.78, 5) is 18.2. The van der Waals surface area contributed by atoms with Gasteiger partial charge in [0.2, 0.25) is 0 Å². The molecule has 2 heterocycles. The van der Waals surface area contributed by atoms with Gasteiger partial charge in [-0.15, -0.1) is 0 Å². The van der Waals surface area contributed by atoms with E-state index in [0.717, 1.165) is 32.4 Å². The van der Waals surface area contributed by atoms with Crippen LogP contribution in [0, 0.1) is 16.7 Å². The molecule has 0 bridgehead atoms. The third-order valence-electron chi connectivity index (χ3n) is 4.22. The van der Waals surface area contributed by atoms with Crippen molar-refractivity contribution in [2.75, 3.05) is 13.1 Å². The summed E-state index contributed by atoms with van der Waals surface area (Å²) < 4.78 is 0. The second-order valence-corrected chi connectivity index (χ2v) is 5.50. The second-order valence-electron chi connectivity index (χ2n) is 5.50. The highest BCUT2D eigenvalue weighted by Gasteiger charge is 2.30. The molecule has 0 unspecified atom stereocenters. The first kappa shape index (κ1) is 13.5. The average Bonchev–Trinajstić information content (AvgIpc) is 2.47. The first-order chi connectivity index (χ1) is 9.08. The van der Waals surface area contributed by atoms with Gasteiger partial charge in [-0.3, -0.25) is 4.79 Å². The van der Waals surface area contributed by atoms with Crippen molar-refractivity contribution >= 4 is 5.91 Å². The highest BCUT2D eigenvalue weighted by Crippen LogP contribution is 2.34. The fourth-order valence-corrected chi connectivity index (χ4v) is 2.35. The number of hydrogen-bond acceptors (Lipinski definition) is 3. The Morgan fingerprint density at radius 3 is 2.63 bits per heavy atom. The topological polar surface area (TPSA) is 57.0 Å². The molecule has 4 nitrogen and oxygen atoms in total. The fourth-order valence-electron chi connectivity index (χ4n) is 2.35. The van der Waals surface area contributed by atoms with Crippen LogP contribution in [0.3, 0.4) is 0 Å². The Bertz CT molecular complexity index is 493. The van der Waals surface area contributed by atoms with Crippen LogP contribution < -0.4 is 0 Å². The monoisotopic (exact) mass is 257 g/mol. The van der Waals surface area contributed by atoms with E-state index in [0.29, 0.717) is 16.7 Å². The molecule has 1 aliphatic heterocycles. The summed E-state index contributed by atoms with van der Waals surface area (Å²) in [7, 11) is 0. The summed E-state index contributed by atoms with van der Waals surface area (Å²) in [5.41, 5.74) is 1.28. The van der Waals surface area contributed by atoms with E-state index in [1.165, 1.54) is 6.20 Å². The number of nitrogens with zero attached hydrogens (tertiary/aromatic N) is 3. The van der Waals surface area contributed by atoms with E-state index in [1.54, 1.807) is 12.1 Å². The van der Waals surface area contributed by atoms with Crippen molar-refractivity contribution in [3.63, 3.8) is 0 Å². The lowest BCUT2D eigenvalue weighted by Crippen LogP contribution is -2.42. The number of rotatable bonds is 2. The number of aromatic nitrogens is 1. The Balaban J connectivity index is 2.03. The largest absolute Gasteiger partial charge is 0.337 e. The first-order valence-electron chi connectivity index (χ1n) is 6.73. The Kier molecular flexibility index (Phi) is 3.84. The van der Waals surface area contributed by atoms with Gasteiger partial charge in [0.05, 0.1) is 5.56 Å². The predicted molar refractivity (Wildman–Crippen MR) is 72.5 cm³/mol. The Labute approximate surface area is 114 Å². The molecule has 100 valence electrons. The van der Waals surface area contributed by atoms with Crippen LogP contribution in [0.25, 0.3) is 0 Å².